The van der Waals surface area contributed by atoms with E-state index in [1.165, 1.54) is 7.11 Å². The molecule has 3 aromatic carbocycles. The topological polar surface area (TPSA) is 75.7 Å². The van der Waals surface area contributed by atoms with Gasteiger partial charge in [0.2, 0.25) is 5.91 Å². The van der Waals surface area contributed by atoms with Crippen LogP contribution in [0.4, 0.5) is 11.4 Å². The maximum absolute atomic E-state index is 13.5. The van der Waals surface area contributed by atoms with E-state index < -0.39 is 15.9 Å². The Morgan fingerprint density at radius 2 is 1.61 bits per heavy atom. The van der Waals surface area contributed by atoms with Crippen molar-refractivity contribution in [1.82, 2.24) is 0 Å². The molecule has 7 heteroatoms. The van der Waals surface area contributed by atoms with Gasteiger partial charge in [0, 0.05) is 11.8 Å². The lowest BCUT2D eigenvalue weighted by molar-refractivity contribution is -0.114. The number of benzene rings is 3. The Labute approximate surface area is 183 Å². The van der Waals surface area contributed by atoms with Crippen LogP contribution in [0.5, 0.6) is 5.75 Å². The van der Waals surface area contributed by atoms with Crippen molar-refractivity contribution in [2.75, 3.05) is 23.3 Å². The van der Waals surface area contributed by atoms with Crippen LogP contribution in [0.2, 0.25) is 0 Å². The summed E-state index contributed by atoms with van der Waals surface area (Å²) in [6.07, 6.45) is 0. The van der Waals surface area contributed by atoms with E-state index in [0.29, 0.717) is 17.1 Å². The molecule has 3 aromatic rings. The van der Waals surface area contributed by atoms with E-state index in [4.69, 9.17) is 4.74 Å². The van der Waals surface area contributed by atoms with Gasteiger partial charge in [-0.15, -0.1) is 0 Å². The van der Waals surface area contributed by atoms with E-state index in [1.807, 2.05) is 32.9 Å². The highest BCUT2D eigenvalue weighted by Crippen LogP contribution is 2.28. The molecule has 0 aromatic heterocycles. The zero-order valence-electron chi connectivity index (χ0n) is 18.0. The van der Waals surface area contributed by atoms with Crippen molar-refractivity contribution in [3.63, 3.8) is 0 Å². The van der Waals surface area contributed by atoms with Crippen molar-refractivity contribution in [2.24, 2.45) is 0 Å². The summed E-state index contributed by atoms with van der Waals surface area (Å²) in [6, 6.07) is 19.0. The Bertz CT molecular complexity index is 1190. The molecule has 0 atom stereocenters. The Morgan fingerprint density at radius 3 is 2.29 bits per heavy atom. The number of sulfonamides is 1. The molecule has 1 amide bonds. The number of hydrogen-bond donors (Lipinski definition) is 1. The smallest absolute Gasteiger partial charge is 0.264 e. The normalized spacial score (nSPS) is 11.1. The van der Waals surface area contributed by atoms with Crippen LogP contribution in [0.15, 0.2) is 71.6 Å². The first-order valence-corrected chi connectivity index (χ1v) is 11.3. The third-order valence-electron chi connectivity index (χ3n) is 4.88. The summed E-state index contributed by atoms with van der Waals surface area (Å²) in [6.45, 7) is 5.24. The molecular weight excluding hydrogens is 412 g/mol. The zero-order valence-corrected chi connectivity index (χ0v) is 18.9. The van der Waals surface area contributed by atoms with Crippen molar-refractivity contribution in [3.8, 4) is 5.75 Å². The first-order valence-electron chi connectivity index (χ1n) is 9.81. The number of ether oxygens (including phenoxy) is 1. The molecule has 0 fully saturated rings. The van der Waals surface area contributed by atoms with E-state index in [1.54, 1.807) is 54.6 Å². The molecule has 1 N–H and O–H groups in total. The largest absolute Gasteiger partial charge is 0.497 e. The lowest BCUT2D eigenvalue weighted by atomic mass is 10.1. The average molecular weight is 439 g/mol. The van der Waals surface area contributed by atoms with Crippen molar-refractivity contribution in [1.29, 1.82) is 0 Å². The van der Waals surface area contributed by atoms with E-state index in [2.05, 4.69) is 5.32 Å². The summed E-state index contributed by atoms with van der Waals surface area (Å²) in [4.78, 5) is 13.0. The number of carbonyl (C=O) groups excluding carboxylic acids is 1. The molecule has 3 rings (SSSR count). The lowest BCUT2D eigenvalue weighted by Gasteiger charge is -2.26. The molecule has 0 unspecified atom stereocenters. The molecule has 0 saturated heterocycles. The van der Waals surface area contributed by atoms with Crippen molar-refractivity contribution in [2.45, 2.75) is 25.7 Å². The summed E-state index contributed by atoms with van der Waals surface area (Å²) in [5.41, 5.74) is 3.61. The molecule has 0 heterocycles. The molecule has 0 radical (unpaired) electrons. The first-order chi connectivity index (χ1) is 14.7. The Morgan fingerprint density at radius 1 is 0.935 bits per heavy atom. The van der Waals surface area contributed by atoms with Crippen LogP contribution in [-0.2, 0) is 14.8 Å². The Balaban J connectivity index is 1.98. The summed E-state index contributed by atoms with van der Waals surface area (Å²) in [5.74, 6) is 0.140. The molecule has 0 saturated carbocycles. The molecule has 0 aliphatic rings. The van der Waals surface area contributed by atoms with Gasteiger partial charge in [0.05, 0.1) is 17.7 Å². The second-order valence-electron chi connectivity index (χ2n) is 7.39. The number of aryl methyl sites for hydroxylation is 3. The van der Waals surface area contributed by atoms with Gasteiger partial charge in [0.25, 0.3) is 10.0 Å². The highest BCUT2D eigenvalue weighted by Gasteiger charge is 2.28. The van der Waals surface area contributed by atoms with Gasteiger partial charge in [-0.2, -0.15) is 0 Å². The van der Waals surface area contributed by atoms with Crippen molar-refractivity contribution in [3.05, 3.63) is 83.4 Å². The molecule has 0 bridgehead atoms. The predicted molar refractivity (Wildman–Crippen MR) is 123 cm³/mol. The van der Waals surface area contributed by atoms with Crippen LogP contribution in [0.25, 0.3) is 0 Å². The van der Waals surface area contributed by atoms with Crippen molar-refractivity contribution >= 4 is 27.3 Å². The molecule has 0 aliphatic carbocycles. The maximum Gasteiger partial charge on any atom is 0.264 e. The highest BCUT2D eigenvalue weighted by molar-refractivity contribution is 7.92. The van der Waals surface area contributed by atoms with Crippen LogP contribution < -0.4 is 14.4 Å². The Hall–Kier alpha value is -3.32. The van der Waals surface area contributed by atoms with Gasteiger partial charge < -0.3 is 10.1 Å². The van der Waals surface area contributed by atoms with E-state index in [9.17, 15) is 13.2 Å². The van der Waals surface area contributed by atoms with Gasteiger partial charge in [-0.25, -0.2) is 8.42 Å². The van der Waals surface area contributed by atoms with Gasteiger partial charge in [-0.05, 0) is 62.2 Å². The minimum Gasteiger partial charge on any atom is -0.497 e. The van der Waals surface area contributed by atoms with Gasteiger partial charge in [-0.3, -0.25) is 9.10 Å². The Kier molecular flexibility index (Phi) is 6.65. The van der Waals surface area contributed by atoms with E-state index in [0.717, 1.165) is 21.0 Å². The van der Waals surface area contributed by atoms with Crippen LogP contribution >= 0.6 is 0 Å². The minimum atomic E-state index is -3.96. The fourth-order valence-electron chi connectivity index (χ4n) is 3.16. The van der Waals surface area contributed by atoms with Crippen LogP contribution in [-0.4, -0.2) is 28.0 Å². The third kappa shape index (κ3) is 5.24. The van der Waals surface area contributed by atoms with Gasteiger partial charge >= 0.3 is 0 Å². The number of nitrogens with zero attached hydrogens (tertiary/aromatic N) is 1. The molecule has 6 nitrogen and oxygen atoms in total. The second-order valence-corrected chi connectivity index (χ2v) is 9.26. The molecule has 0 spiro atoms. The SMILES string of the molecule is COc1cccc(NC(=O)CN(c2cc(C)ccc2C)S(=O)(=O)c2ccc(C)cc2)c1. The number of methoxy groups -OCH3 is 1. The molecule has 31 heavy (non-hydrogen) atoms. The van der Waals surface area contributed by atoms with E-state index in [-0.39, 0.29) is 11.4 Å². The number of nitrogens with one attached hydrogen (secondary N) is 1. The van der Waals surface area contributed by atoms with Crippen LogP contribution in [0.1, 0.15) is 16.7 Å². The van der Waals surface area contributed by atoms with Gasteiger partial charge in [0.15, 0.2) is 0 Å². The van der Waals surface area contributed by atoms with Gasteiger partial charge in [-0.1, -0.05) is 35.9 Å². The monoisotopic (exact) mass is 438 g/mol. The highest BCUT2D eigenvalue weighted by atomic mass is 32.2. The molecular formula is C24H26N2O4S. The van der Waals surface area contributed by atoms with Crippen molar-refractivity contribution < 1.29 is 17.9 Å². The predicted octanol–water partition coefficient (Wildman–Crippen LogP) is 4.45. The van der Waals surface area contributed by atoms with E-state index >= 15 is 0 Å². The molecule has 0 aliphatic heterocycles. The standard InChI is InChI=1S/C24H26N2O4S/c1-17-9-12-22(13-10-17)31(28,29)26(23-14-18(2)8-11-19(23)3)16-24(27)25-20-6-5-7-21(15-20)30-4/h5-15H,16H2,1-4H3,(H,25,27). The zero-order chi connectivity index (χ0) is 22.6. The lowest BCUT2D eigenvalue weighted by Crippen LogP contribution is -2.38. The number of anilines is 2. The quantitative estimate of drug-likeness (QED) is 0.591. The first kappa shape index (κ1) is 22.4. The second kappa shape index (κ2) is 9.22. The number of hydrogen-bond acceptors (Lipinski definition) is 4. The fourth-order valence-corrected chi connectivity index (χ4v) is 4.63. The van der Waals surface area contributed by atoms with Gasteiger partial charge in [0.1, 0.15) is 12.3 Å². The van der Waals surface area contributed by atoms with Crippen LogP contribution in [0.3, 0.4) is 0 Å². The number of amides is 1. The summed E-state index contributed by atoms with van der Waals surface area (Å²) < 4.78 is 33.4. The summed E-state index contributed by atoms with van der Waals surface area (Å²) >= 11 is 0. The third-order valence-corrected chi connectivity index (χ3v) is 6.66. The fraction of sp³-hybridized carbons (Fsp3) is 0.208. The summed E-state index contributed by atoms with van der Waals surface area (Å²) in [7, 11) is -2.42. The minimum absolute atomic E-state index is 0.133. The van der Waals surface area contributed by atoms with Crippen LogP contribution in [0, 0.1) is 20.8 Å². The summed E-state index contributed by atoms with van der Waals surface area (Å²) in [5, 5.41) is 2.76. The average Bonchev–Trinajstić information content (AvgIpc) is 2.74. The maximum atomic E-state index is 13.5. The number of rotatable bonds is 7. The molecule has 162 valence electrons. The number of carbonyl (C=O) groups is 1.